The molecule has 0 aromatic carbocycles. The lowest BCUT2D eigenvalue weighted by Crippen LogP contribution is -2.37. The van der Waals surface area contributed by atoms with Crippen LogP contribution in [0.5, 0.6) is 0 Å². The van der Waals surface area contributed by atoms with E-state index in [0.717, 1.165) is 29.9 Å². The standard InChI is InChI=1S/C8H18O3Si/c1-3-8(12,10-4-2)11-6-7-5-9-7/h7H,3-6H2,1-2,12H3. The zero-order valence-electron chi connectivity index (χ0n) is 8.13. The summed E-state index contributed by atoms with van der Waals surface area (Å²) in [5.74, 6) is 0. The molecule has 1 heterocycles. The van der Waals surface area contributed by atoms with E-state index >= 15 is 0 Å². The SMILES string of the molecule is CCOC([SiH3])(CC)OCC1CO1. The fourth-order valence-corrected chi connectivity index (χ4v) is 1.44. The third-order valence-electron chi connectivity index (χ3n) is 2.07. The van der Waals surface area contributed by atoms with Crippen LogP contribution in [0.25, 0.3) is 0 Å². The van der Waals surface area contributed by atoms with E-state index in [1.807, 2.05) is 6.92 Å². The van der Waals surface area contributed by atoms with Gasteiger partial charge in [0.15, 0.2) is 0 Å². The zero-order valence-corrected chi connectivity index (χ0v) is 10.1. The molecular weight excluding hydrogens is 172 g/mol. The molecule has 0 radical (unpaired) electrons. The van der Waals surface area contributed by atoms with Crippen LogP contribution in [0.4, 0.5) is 0 Å². The molecule has 1 rings (SSSR count). The van der Waals surface area contributed by atoms with Crippen molar-refractivity contribution in [1.29, 1.82) is 0 Å². The maximum absolute atomic E-state index is 5.66. The average molecular weight is 190 g/mol. The molecule has 0 aliphatic carbocycles. The molecule has 4 heteroatoms. The molecule has 0 aromatic rings. The van der Waals surface area contributed by atoms with E-state index in [9.17, 15) is 0 Å². The largest absolute Gasteiger partial charge is 0.371 e. The van der Waals surface area contributed by atoms with E-state index in [-0.39, 0.29) is 5.41 Å². The quantitative estimate of drug-likeness (QED) is 0.332. The van der Waals surface area contributed by atoms with E-state index < -0.39 is 0 Å². The lowest BCUT2D eigenvalue weighted by Gasteiger charge is -2.28. The highest BCUT2D eigenvalue weighted by Crippen LogP contribution is 2.17. The van der Waals surface area contributed by atoms with Gasteiger partial charge in [-0.1, -0.05) is 6.92 Å². The maximum atomic E-state index is 5.66. The van der Waals surface area contributed by atoms with Crippen LogP contribution in [0.2, 0.25) is 0 Å². The second kappa shape index (κ2) is 4.37. The third kappa shape index (κ3) is 3.22. The molecule has 0 amide bonds. The minimum atomic E-state index is -0.277. The van der Waals surface area contributed by atoms with Crippen molar-refractivity contribution in [3.8, 4) is 0 Å². The van der Waals surface area contributed by atoms with Gasteiger partial charge in [0.2, 0.25) is 0 Å². The molecule has 0 bridgehead atoms. The number of hydrogen-bond acceptors (Lipinski definition) is 3. The molecule has 2 unspecified atom stereocenters. The van der Waals surface area contributed by atoms with Crippen molar-refractivity contribution in [2.24, 2.45) is 0 Å². The molecule has 2 atom stereocenters. The Hall–Kier alpha value is 0.0969. The summed E-state index contributed by atoms with van der Waals surface area (Å²) in [5.41, 5.74) is -0.277. The highest BCUT2D eigenvalue weighted by molar-refractivity contribution is 6.13. The van der Waals surface area contributed by atoms with Crippen LogP contribution < -0.4 is 0 Å². The summed E-state index contributed by atoms with van der Waals surface area (Å²) in [6.45, 7) is 6.36. The van der Waals surface area contributed by atoms with E-state index in [1.165, 1.54) is 0 Å². The van der Waals surface area contributed by atoms with E-state index in [1.54, 1.807) is 0 Å². The second-order valence-corrected chi connectivity index (χ2v) is 4.71. The van der Waals surface area contributed by atoms with Crippen molar-refractivity contribution < 1.29 is 14.2 Å². The first-order valence-electron chi connectivity index (χ1n) is 4.59. The first-order valence-corrected chi connectivity index (χ1v) is 5.59. The Bertz CT molecular complexity index is 138. The minimum absolute atomic E-state index is 0.277. The Morgan fingerprint density at radius 1 is 1.50 bits per heavy atom. The predicted octanol–water partition coefficient (Wildman–Crippen LogP) is -0.133. The zero-order chi connectivity index (χ0) is 9.03. The van der Waals surface area contributed by atoms with Crippen molar-refractivity contribution in [1.82, 2.24) is 0 Å². The fourth-order valence-electron chi connectivity index (χ4n) is 0.985. The molecule has 12 heavy (non-hydrogen) atoms. The maximum Gasteiger partial charge on any atom is 0.141 e. The number of hydrogen-bond donors (Lipinski definition) is 0. The summed E-state index contributed by atoms with van der Waals surface area (Å²) in [5, 5.41) is 0. The van der Waals surface area contributed by atoms with Crippen molar-refractivity contribution >= 4 is 10.2 Å². The van der Waals surface area contributed by atoms with Gasteiger partial charge in [-0.25, -0.2) is 0 Å². The van der Waals surface area contributed by atoms with Crippen LogP contribution in [0.3, 0.4) is 0 Å². The molecule has 1 aliphatic rings. The topological polar surface area (TPSA) is 31.0 Å². The normalized spacial score (nSPS) is 27.0. The predicted molar refractivity (Wildman–Crippen MR) is 50.3 cm³/mol. The molecule has 0 saturated carbocycles. The second-order valence-electron chi connectivity index (χ2n) is 3.19. The van der Waals surface area contributed by atoms with E-state index in [4.69, 9.17) is 14.2 Å². The van der Waals surface area contributed by atoms with Crippen LogP contribution in [0.1, 0.15) is 20.3 Å². The van der Waals surface area contributed by atoms with Gasteiger partial charge in [0, 0.05) is 6.61 Å². The summed E-state index contributed by atoms with van der Waals surface area (Å²) in [7, 11) is 0.912. The fraction of sp³-hybridized carbons (Fsp3) is 1.00. The molecule has 72 valence electrons. The van der Waals surface area contributed by atoms with Crippen LogP contribution in [0.15, 0.2) is 0 Å². The molecule has 0 N–H and O–H groups in total. The Kier molecular flexibility index (Phi) is 3.70. The van der Waals surface area contributed by atoms with Gasteiger partial charge in [-0.15, -0.1) is 0 Å². The molecule has 1 fully saturated rings. The molecule has 0 spiro atoms. The highest BCUT2D eigenvalue weighted by Gasteiger charge is 2.29. The molecule has 0 aromatic heterocycles. The first kappa shape index (κ1) is 10.2. The van der Waals surface area contributed by atoms with Crippen molar-refractivity contribution in [3.63, 3.8) is 0 Å². The molecule has 3 nitrogen and oxygen atoms in total. The molecule has 1 aliphatic heterocycles. The third-order valence-corrected chi connectivity index (χ3v) is 3.35. The van der Waals surface area contributed by atoms with Gasteiger partial charge >= 0.3 is 0 Å². The Balaban J connectivity index is 2.20. The number of epoxide rings is 1. The first-order chi connectivity index (χ1) is 5.70. The summed E-state index contributed by atoms with van der Waals surface area (Å²) in [4.78, 5) is 0. The summed E-state index contributed by atoms with van der Waals surface area (Å²) < 4.78 is 16.3. The van der Waals surface area contributed by atoms with Gasteiger partial charge in [-0.3, -0.25) is 0 Å². The van der Waals surface area contributed by atoms with Gasteiger partial charge in [-0.05, 0) is 13.3 Å². The van der Waals surface area contributed by atoms with Gasteiger partial charge in [0.05, 0.1) is 23.5 Å². The summed E-state index contributed by atoms with van der Waals surface area (Å²) in [6, 6.07) is 0. The van der Waals surface area contributed by atoms with Gasteiger partial charge in [0.1, 0.15) is 11.5 Å². The van der Waals surface area contributed by atoms with Crippen molar-refractivity contribution in [2.75, 3.05) is 19.8 Å². The van der Waals surface area contributed by atoms with Crippen molar-refractivity contribution in [2.45, 2.75) is 31.8 Å². The summed E-state index contributed by atoms with van der Waals surface area (Å²) >= 11 is 0. The Morgan fingerprint density at radius 3 is 2.58 bits per heavy atom. The van der Waals surface area contributed by atoms with Gasteiger partial charge in [-0.2, -0.15) is 0 Å². The molecule has 1 saturated heterocycles. The highest BCUT2D eigenvalue weighted by atomic mass is 28.1. The monoisotopic (exact) mass is 190 g/mol. The smallest absolute Gasteiger partial charge is 0.141 e. The van der Waals surface area contributed by atoms with Crippen LogP contribution in [-0.2, 0) is 14.2 Å². The summed E-state index contributed by atoms with van der Waals surface area (Å²) in [6.07, 6.45) is 1.27. The van der Waals surface area contributed by atoms with Crippen molar-refractivity contribution in [3.05, 3.63) is 0 Å². The van der Waals surface area contributed by atoms with E-state index in [2.05, 4.69) is 6.92 Å². The number of rotatable bonds is 6. The van der Waals surface area contributed by atoms with Crippen LogP contribution in [0, 0.1) is 0 Å². The van der Waals surface area contributed by atoms with Gasteiger partial charge in [0.25, 0.3) is 0 Å². The average Bonchev–Trinajstić information content (AvgIpc) is 2.85. The van der Waals surface area contributed by atoms with Crippen LogP contribution >= 0.6 is 0 Å². The van der Waals surface area contributed by atoms with E-state index in [0.29, 0.717) is 12.7 Å². The lowest BCUT2D eigenvalue weighted by atomic mass is 10.4. The van der Waals surface area contributed by atoms with Crippen LogP contribution in [-0.4, -0.2) is 41.6 Å². The van der Waals surface area contributed by atoms with Gasteiger partial charge < -0.3 is 14.2 Å². The molecular formula is C8H18O3Si. The minimum Gasteiger partial charge on any atom is -0.371 e. The lowest BCUT2D eigenvalue weighted by molar-refractivity contribution is -0.179. The Labute approximate surface area is 76.8 Å². The Morgan fingerprint density at radius 2 is 2.17 bits per heavy atom. The number of ether oxygens (including phenoxy) is 3.